The average Bonchev–Trinajstić information content (AvgIpc) is 3.65. The number of aryl methyl sites for hydroxylation is 3. The number of allylic oxidation sites excluding steroid dienone is 1. The van der Waals surface area contributed by atoms with E-state index in [9.17, 15) is 4.79 Å². The first-order valence-corrected chi connectivity index (χ1v) is 13.9. The minimum atomic E-state index is -0.0353. The number of nitrogens with zero attached hydrogens (tertiary/aromatic N) is 1. The average molecular weight is 495 g/mol. The molecule has 192 valence electrons. The fraction of sp³-hybridized carbons (Fsp3) is 0.375. The Balaban J connectivity index is 1.91. The van der Waals surface area contributed by atoms with Crippen LogP contribution in [0, 0.1) is 0 Å². The molecule has 0 saturated heterocycles. The van der Waals surface area contributed by atoms with Gasteiger partial charge >= 0.3 is 0 Å². The van der Waals surface area contributed by atoms with E-state index in [-0.39, 0.29) is 5.43 Å². The van der Waals surface area contributed by atoms with Crippen LogP contribution in [0.1, 0.15) is 87.9 Å². The zero-order chi connectivity index (χ0) is 25.9. The normalized spacial score (nSPS) is 12.4. The van der Waals surface area contributed by atoms with Crippen molar-refractivity contribution in [2.45, 2.75) is 79.1 Å². The quantitative estimate of drug-likeness (QED) is 0.231. The predicted molar refractivity (Wildman–Crippen MR) is 157 cm³/mol. The summed E-state index contributed by atoms with van der Waals surface area (Å²) in [6.07, 6.45) is 9.97. The fourth-order valence-electron chi connectivity index (χ4n) is 5.46. The van der Waals surface area contributed by atoms with E-state index in [0.29, 0.717) is 5.69 Å². The third-order valence-corrected chi connectivity index (χ3v) is 7.22. The van der Waals surface area contributed by atoms with E-state index in [4.69, 9.17) is 4.98 Å². The molecule has 0 aliphatic carbocycles. The maximum atomic E-state index is 13.6. The number of rotatable bonds is 8. The molecule has 5 nitrogen and oxygen atoms in total. The summed E-state index contributed by atoms with van der Waals surface area (Å²) < 4.78 is 0. The number of aromatic amines is 3. The lowest BCUT2D eigenvalue weighted by Crippen LogP contribution is -2.05. The Morgan fingerprint density at radius 3 is 1.65 bits per heavy atom. The molecule has 0 spiro atoms. The predicted octanol–water partition coefficient (Wildman–Crippen LogP) is 8.08. The standard InChI is InChI=1S/C32H38N4O/c1-5-9-20-15-27-28-17-22(11-7-3)26(35-28)19-31(37)32-23(12-8-4)18-30(36-32)29-16-21(10-6-2)25(34-29)14-13-24(20)33-27/h13-19,33-35H,5-12H2,1-4H3. The van der Waals surface area contributed by atoms with E-state index in [0.717, 1.165) is 95.7 Å². The molecule has 5 heterocycles. The van der Waals surface area contributed by atoms with Crippen LogP contribution in [0.4, 0.5) is 0 Å². The molecule has 0 atom stereocenters. The Kier molecular flexibility index (Phi) is 7.31. The van der Waals surface area contributed by atoms with Gasteiger partial charge in [0.1, 0.15) is 5.69 Å². The number of fused-ring (bicyclic) bond motifs is 10. The summed E-state index contributed by atoms with van der Waals surface area (Å²) in [6, 6.07) is 12.8. The Morgan fingerprint density at radius 2 is 1.08 bits per heavy atom. The topological polar surface area (TPSA) is 77.3 Å². The van der Waals surface area contributed by atoms with Crippen LogP contribution in [0.5, 0.6) is 0 Å². The van der Waals surface area contributed by atoms with Crippen LogP contribution in [0.3, 0.4) is 0 Å². The van der Waals surface area contributed by atoms with Gasteiger partial charge < -0.3 is 15.0 Å². The number of aromatic nitrogens is 4. The molecule has 0 unspecified atom stereocenters. The lowest BCUT2D eigenvalue weighted by molar-refractivity contribution is 0.930. The van der Waals surface area contributed by atoms with Gasteiger partial charge in [-0.05, 0) is 84.4 Å². The first kappa shape index (κ1) is 25.1. The van der Waals surface area contributed by atoms with Crippen molar-refractivity contribution >= 4 is 44.7 Å². The van der Waals surface area contributed by atoms with Gasteiger partial charge in [0.05, 0.1) is 22.2 Å². The highest BCUT2D eigenvalue weighted by Crippen LogP contribution is 2.28. The van der Waals surface area contributed by atoms with E-state index in [1.807, 2.05) is 0 Å². The summed E-state index contributed by atoms with van der Waals surface area (Å²) in [4.78, 5) is 29.3. The van der Waals surface area contributed by atoms with Crippen LogP contribution < -0.4 is 5.43 Å². The van der Waals surface area contributed by atoms with Crippen molar-refractivity contribution in [3.8, 4) is 0 Å². The maximum Gasteiger partial charge on any atom is 0.206 e. The molecule has 0 amide bonds. The SMILES string of the molecule is CCCC1=Cc2nc1c(=O)cc1[nH]c(cc1CCC)c1cc(CCC)c(ccc3[nH]c2cc3CCC)[nH]1. The Hall–Kier alpha value is -3.60. The van der Waals surface area contributed by atoms with Crippen LogP contribution >= 0.6 is 0 Å². The van der Waals surface area contributed by atoms with Crippen LogP contribution in [0.15, 0.2) is 41.2 Å². The lowest BCUT2D eigenvalue weighted by atomic mass is 10.1. The molecular formula is C32H38N4O. The molecular weight excluding hydrogens is 456 g/mol. The van der Waals surface area contributed by atoms with Gasteiger partial charge in [-0.15, -0.1) is 0 Å². The maximum absolute atomic E-state index is 13.6. The molecule has 1 aliphatic heterocycles. The molecule has 4 aromatic rings. The van der Waals surface area contributed by atoms with E-state index in [1.165, 1.54) is 16.7 Å². The van der Waals surface area contributed by atoms with Crippen molar-refractivity contribution in [3.05, 3.63) is 74.7 Å². The Labute approximate surface area is 218 Å². The highest BCUT2D eigenvalue weighted by atomic mass is 16.1. The summed E-state index contributed by atoms with van der Waals surface area (Å²) in [5, 5.41) is 0. The molecule has 0 radical (unpaired) electrons. The second-order valence-corrected chi connectivity index (χ2v) is 10.2. The van der Waals surface area contributed by atoms with Gasteiger partial charge in [0.15, 0.2) is 0 Å². The summed E-state index contributed by atoms with van der Waals surface area (Å²) in [5.74, 6) is 0. The van der Waals surface area contributed by atoms with Crippen molar-refractivity contribution in [1.82, 2.24) is 19.9 Å². The van der Waals surface area contributed by atoms with Crippen molar-refractivity contribution < 1.29 is 0 Å². The van der Waals surface area contributed by atoms with Gasteiger partial charge in [0.2, 0.25) is 5.43 Å². The van der Waals surface area contributed by atoms with Crippen LogP contribution in [0.2, 0.25) is 0 Å². The van der Waals surface area contributed by atoms with Gasteiger partial charge in [-0.3, -0.25) is 4.79 Å². The van der Waals surface area contributed by atoms with Crippen LogP contribution in [-0.2, 0) is 19.3 Å². The molecule has 5 rings (SSSR count). The molecule has 5 heteroatoms. The summed E-state index contributed by atoms with van der Waals surface area (Å²) >= 11 is 0. The highest BCUT2D eigenvalue weighted by molar-refractivity contribution is 5.89. The Morgan fingerprint density at radius 1 is 0.595 bits per heavy atom. The molecule has 3 N–H and O–H groups in total. The van der Waals surface area contributed by atoms with Crippen molar-refractivity contribution in [2.24, 2.45) is 0 Å². The van der Waals surface area contributed by atoms with E-state index >= 15 is 0 Å². The summed E-state index contributed by atoms with van der Waals surface area (Å²) in [7, 11) is 0. The minimum absolute atomic E-state index is 0.0353. The number of nitrogens with one attached hydrogen (secondary N) is 3. The van der Waals surface area contributed by atoms with Crippen molar-refractivity contribution in [1.29, 1.82) is 0 Å². The van der Waals surface area contributed by atoms with Gasteiger partial charge in [0.25, 0.3) is 0 Å². The fourth-order valence-corrected chi connectivity index (χ4v) is 5.46. The monoisotopic (exact) mass is 494 g/mol. The second kappa shape index (κ2) is 10.8. The van der Waals surface area contributed by atoms with Gasteiger partial charge in [-0.1, -0.05) is 53.4 Å². The van der Waals surface area contributed by atoms with E-state index in [2.05, 4.69) is 79.1 Å². The summed E-state index contributed by atoms with van der Waals surface area (Å²) in [6.45, 7) is 8.74. The smallest absolute Gasteiger partial charge is 0.206 e. The minimum Gasteiger partial charge on any atom is -0.354 e. The zero-order valence-electron chi connectivity index (χ0n) is 22.6. The second-order valence-electron chi connectivity index (χ2n) is 10.2. The third-order valence-electron chi connectivity index (χ3n) is 7.22. The zero-order valence-corrected chi connectivity index (χ0v) is 22.6. The van der Waals surface area contributed by atoms with Crippen LogP contribution in [-0.4, -0.2) is 19.9 Å². The molecule has 0 saturated carbocycles. The van der Waals surface area contributed by atoms with Crippen molar-refractivity contribution in [3.63, 3.8) is 0 Å². The third kappa shape index (κ3) is 5.00. The molecule has 0 aromatic carbocycles. The molecule has 0 fully saturated rings. The molecule has 4 aromatic heterocycles. The van der Waals surface area contributed by atoms with E-state index in [1.54, 1.807) is 6.07 Å². The molecule has 1 aliphatic rings. The first-order chi connectivity index (χ1) is 18.0. The van der Waals surface area contributed by atoms with E-state index < -0.39 is 0 Å². The van der Waals surface area contributed by atoms with Gasteiger partial charge in [-0.25, -0.2) is 4.98 Å². The highest BCUT2D eigenvalue weighted by Gasteiger charge is 2.16. The number of H-pyrrole nitrogens is 3. The number of hydrogen-bond acceptors (Lipinski definition) is 2. The molecule has 37 heavy (non-hydrogen) atoms. The first-order valence-electron chi connectivity index (χ1n) is 13.9. The lowest BCUT2D eigenvalue weighted by Gasteiger charge is -1.96. The molecule has 8 bridgehead atoms. The van der Waals surface area contributed by atoms with Gasteiger partial charge in [-0.2, -0.15) is 0 Å². The van der Waals surface area contributed by atoms with Crippen LogP contribution in [0.25, 0.3) is 44.7 Å². The van der Waals surface area contributed by atoms with Crippen molar-refractivity contribution in [2.75, 3.05) is 0 Å². The Bertz CT molecular complexity index is 1650. The number of hydrogen-bond donors (Lipinski definition) is 3. The summed E-state index contributed by atoms with van der Waals surface area (Å²) in [5.41, 5.74) is 12.3. The largest absolute Gasteiger partial charge is 0.354 e. The van der Waals surface area contributed by atoms with Gasteiger partial charge in [0, 0.05) is 22.6 Å².